The normalized spacial score (nSPS) is 18.0. The lowest BCUT2D eigenvalue weighted by atomic mass is 10.1. The molecule has 1 aliphatic rings. The summed E-state index contributed by atoms with van der Waals surface area (Å²) in [5.41, 5.74) is 0.0715. The zero-order valence-corrected chi connectivity index (χ0v) is 17.8. The molecule has 1 fully saturated rings. The van der Waals surface area contributed by atoms with E-state index in [1.54, 1.807) is 0 Å². The number of amides is 2. The molecule has 2 amide bonds. The quantitative estimate of drug-likeness (QED) is 0.801. The second-order valence-corrected chi connectivity index (χ2v) is 8.32. The van der Waals surface area contributed by atoms with Gasteiger partial charge in [-0.2, -0.15) is 0 Å². The minimum atomic E-state index is -0.597. The number of rotatable bonds is 5. The summed E-state index contributed by atoms with van der Waals surface area (Å²) >= 11 is 0. The lowest BCUT2D eigenvalue weighted by Gasteiger charge is -2.28. The highest BCUT2D eigenvalue weighted by atomic mass is 16.6. The number of ether oxygens (including phenoxy) is 2. The summed E-state index contributed by atoms with van der Waals surface area (Å²) < 4.78 is 17.0. The van der Waals surface area contributed by atoms with Gasteiger partial charge >= 0.3 is 6.09 Å². The first-order valence-electron chi connectivity index (χ1n) is 10.1. The largest absolute Gasteiger partial charge is 0.490 e. The Balaban J connectivity index is 1.70. The molecule has 7 heteroatoms. The van der Waals surface area contributed by atoms with Gasteiger partial charge in [-0.3, -0.25) is 9.69 Å². The number of nitrogens with one attached hydrogen (secondary N) is 1. The maximum Gasteiger partial charge on any atom is 0.410 e. The molecule has 0 bridgehead atoms. The lowest BCUT2D eigenvalue weighted by Crippen LogP contribution is -2.48. The van der Waals surface area contributed by atoms with Crippen molar-refractivity contribution >= 4 is 23.0 Å². The van der Waals surface area contributed by atoms with E-state index >= 15 is 0 Å². The third kappa shape index (κ3) is 4.83. The van der Waals surface area contributed by atoms with Gasteiger partial charge in [0.1, 0.15) is 17.4 Å². The lowest BCUT2D eigenvalue weighted by molar-refractivity contribution is -0.126. The fraction of sp³-hybridized carbons (Fsp3) is 0.545. The number of likely N-dealkylation sites (tertiary alicyclic amines) is 1. The molecule has 2 heterocycles. The standard InChI is InChI=1S/C22H30N2O5/c1-6-27-17-11-7-9-15-13-18(28-19(15)17)14(2)23-20(25)16-10-8-12-24(16)21(26)29-22(3,4)5/h7,9,11,13-14,16H,6,8,10,12H2,1-5H3,(H,23,25). The number of hydrogen-bond acceptors (Lipinski definition) is 5. The maximum atomic E-state index is 12.9. The third-order valence-electron chi connectivity index (χ3n) is 4.80. The van der Waals surface area contributed by atoms with Crippen LogP contribution in [0.5, 0.6) is 5.75 Å². The van der Waals surface area contributed by atoms with E-state index in [9.17, 15) is 9.59 Å². The molecular formula is C22H30N2O5. The van der Waals surface area contributed by atoms with E-state index < -0.39 is 17.7 Å². The molecule has 0 radical (unpaired) electrons. The van der Waals surface area contributed by atoms with Crippen LogP contribution in [0.4, 0.5) is 4.79 Å². The Morgan fingerprint density at radius 2 is 2.10 bits per heavy atom. The van der Waals surface area contributed by atoms with Gasteiger partial charge in [-0.15, -0.1) is 0 Å². The van der Waals surface area contributed by atoms with Crippen molar-refractivity contribution in [1.29, 1.82) is 0 Å². The molecule has 1 N–H and O–H groups in total. The second-order valence-electron chi connectivity index (χ2n) is 8.32. The van der Waals surface area contributed by atoms with Crippen LogP contribution in [0.25, 0.3) is 11.0 Å². The van der Waals surface area contributed by atoms with Crippen molar-refractivity contribution in [3.63, 3.8) is 0 Å². The van der Waals surface area contributed by atoms with Crippen LogP contribution in [-0.4, -0.2) is 41.7 Å². The van der Waals surface area contributed by atoms with E-state index in [-0.39, 0.29) is 11.9 Å². The SMILES string of the molecule is CCOc1cccc2cc(C(C)NC(=O)C3CCCN3C(=O)OC(C)(C)C)oc12. The van der Waals surface area contributed by atoms with Gasteiger partial charge in [0.25, 0.3) is 0 Å². The molecule has 1 aromatic heterocycles. The highest BCUT2D eigenvalue weighted by Crippen LogP contribution is 2.31. The Labute approximate surface area is 171 Å². The molecule has 2 aromatic rings. The third-order valence-corrected chi connectivity index (χ3v) is 4.80. The number of nitrogens with zero attached hydrogens (tertiary/aromatic N) is 1. The van der Waals surface area contributed by atoms with Crippen LogP contribution in [0.15, 0.2) is 28.7 Å². The molecule has 1 aromatic carbocycles. The molecule has 3 rings (SSSR count). The van der Waals surface area contributed by atoms with Crippen molar-refractivity contribution < 1.29 is 23.5 Å². The van der Waals surface area contributed by atoms with E-state index in [1.807, 2.05) is 58.9 Å². The van der Waals surface area contributed by atoms with E-state index in [0.29, 0.717) is 36.7 Å². The van der Waals surface area contributed by atoms with Gasteiger partial charge in [0, 0.05) is 11.9 Å². The summed E-state index contributed by atoms with van der Waals surface area (Å²) in [5.74, 6) is 1.12. The summed E-state index contributed by atoms with van der Waals surface area (Å²) in [6.07, 6.45) is 0.938. The summed E-state index contributed by atoms with van der Waals surface area (Å²) in [5, 5.41) is 3.90. The number of furan rings is 1. The average molecular weight is 402 g/mol. The maximum absolute atomic E-state index is 12.9. The number of hydrogen-bond donors (Lipinski definition) is 1. The van der Waals surface area contributed by atoms with Gasteiger partial charge in [0.15, 0.2) is 11.3 Å². The van der Waals surface area contributed by atoms with E-state index in [1.165, 1.54) is 4.90 Å². The molecule has 1 saturated heterocycles. The fourth-order valence-electron chi connectivity index (χ4n) is 3.50. The Morgan fingerprint density at radius 3 is 2.79 bits per heavy atom. The van der Waals surface area contributed by atoms with Gasteiger partial charge < -0.3 is 19.2 Å². The minimum Gasteiger partial charge on any atom is -0.490 e. The highest BCUT2D eigenvalue weighted by molar-refractivity contribution is 5.87. The fourth-order valence-corrected chi connectivity index (χ4v) is 3.50. The summed E-state index contributed by atoms with van der Waals surface area (Å²) in [7, 11) is 0. The molecule has 0 saturated carbocycles. The van der Waals surface area contributed by atoms with Crippen LogP contribution in [-0.2, 0) is 9.53 Å². The monoisotopic (exact) mass is 402 g/mol. The van der Waals surface area contributed by atoms with E-state index in [4.69, 9.17) is 13.9 Å². The molecule has 0 aliphatic carbocycles. The van der Waals surface area contributed by atoms with Crippen LogP contribution in [0.1, 0.15) is 59.3 Å². The Morgan fingerprint density at radius 1 is 1.34 bits per heavy atom. The number of carbonyl (C=O) groups is 2. The van der Waals surface area contributed by atoms with Crippen molar-refractivity contribution in [3.05, 3.63) is 30.0 Å². The van der Waals surface area contributed by atoms with Crippen LogP contribution < -0.4 is 10.1 Å². The summed E-state index contributed by atoms with van der Waals surface area (Å²) in [4.78, 5) is 26.8. The first-order valence-corrected chi connectivity index (χ1v) is 10.1. The van der Waals surface area contributed by atoms with Gasteiger partial charge in [0.05, 0.1) is 12.6 Å². The minimum absolute atomic E-state index is 0.202. The molecule has 7 nitrogen and oxygen atoms in total. The van der Waals surface area contributed by atoms with Crippen LogP contribution in [0, 0.1) is 0 Å². The Hall–Kier alpha value is -2.70. The molecule has 158 valence electrons. The van der Waals surface area contributed by atoms with E-state index in [0.717, 1.165) is 11.8 Å². The zero-order chi connectivity index (χ0) is 21.2. The van der Waals surface area contributed by atoms with Crippen LogP contribution in [0.3, 0.4) is 0 Å². The molecule has 2 unspecified atom stereocenters. The second kappa shape index (κ2) is 8.35. The van der Waals surface area contributed by atoms with Gasteiger partial charge in [-0.25, -0.2) is 4.79 Å². The van der Waals surface area contributed by atoms with Gasteiger partial charge in [0.2, 0.25) is 5.91 Å². The van der Waals surface area contributed by atoms with Crippen molar-refractivity contribution in [2.24, 2.45) is 0 Å². The van der Waals surface area contributed by atoms with Gasteiger partial charge in [-0.05, 0) is 59.6 Å². The van der Waals surface area contributed by atoms with Crippen molar-refractivity contribution in [3.8, 4) is 5.75 Å². The predicted octanol–water partition coefficient (Wildman–Crippen LogP) is 4.41. The highest BCUT2D eigenvalue weighted by Gasteiger charge is 2.37. The number of carbonyl (C=O) groups excluding carboxylic acids is 2. The molecule has 0 spiro atoms. The summed E-state index contributed by atoms with van der Waals surface area (Å²) in [6, 6.07) is 6.75. The smallest absolute Gasteiger partial charge is 0.410 e. The Bertz CT molecular complexity index is 883. The molecule has 1 aliphatic heterocycles. The first kappa shape index (κ1) is 21.0. The average Bonchev–Trinajstić information content (AvgIpc) is 3.28. The predicted molar refractivity (Wildman–Crippen MR) is 110 cm³/mol. The molecule has 2 atom stereocenters. The van der Waals surface area contributed by atoms with Crippen molar-refractivity contribution in [1.82, 2.24) is 10.2 Å². The van der Waals surface area contributed by atoms with E-state index in [2.05, 4.69) is 5.32 Å². The topological polar surface area (TPSA) is 81.0 Å². The number of para-hydroxylation sites is 1. The first-order chi connectivity index (χ1) is 13.7. The number of benzene rings is 1. The molecular weight excluding hydrogens is 372 g/mol. The number of fused-ring (bicyclic) bond motifs is 1. The van der Waals surface area contributed by atoms with Crippen molar-refractivity contribution in [2.45, 2.75) is 65.1 Å². The van der Waals surface area contributed by atoms with Gasteiger partial charge in [-0.1, -0.05) is 12.1 Å². The zero-order valence-electron chi connectivity index (χ0n) is 17.8. The van der Waals surface area contributed by atoms with Crippen LogP contribution >= 0.6 is 0 Å². The molecule has 29 heavy (non-hydrogen) atoms. The Kier molecular flexibility index (Phi) is 6.05. The summed E-state index contributed by atoms with van der Waals surface area (Å²) in [6.45, 7) is 10.3. The van der Waals surface area contributed by atoms with Crippen LogP contribution in [0.2, 0.25) is 0 Å². The van der Waals surface area contributed by atoms with Crippen molar-refractivity contribution in [2.75, 3.05) is 13.2 Å².